The Hall–Kier alpha value is -2.89. The maximum absolute atomic E-state index is 12.4. The Morgan fingerprint density at radius 3 is 2.58 bits per heavy atom. The van der Waals surface area contributed by atoms with Crippen molar-refractivity contribution in [3.63, 3.8) is 0 Å². The molecule has 0 radical (unpaired) electrons. The van der Waals surface area contributed by atoms with E-state index in [4.69, 9.17) is 10.1 Å². The van der Waals surface area contributed by atoms with Gasteiger partial charge in [0.05, 0.1) is 5.69 Å². The summed E-state index contributed by atoms with van der Waals surface area (Å²) in [5.41, 5.74) is 8.27. The predicted octanol–water partition coefficient (Wildman–Crippen LogP) is 4.80. The SMILES string of the molecule is CCC(CC)Nc1c2c(nc3c(-c4ccc(C(=O)N(C)C)cc4C)c(C)nn13)CCC2. The zero-order chi connectivity index (χ0) is 22.3. The van der Waals surface area contributed by atoms with Crippen LogP contribution in [0.2, 0.25) is 0 Å². The first-order valence-corrected chi connectivity index (χ1v) is 11.4. The van der Waals surface area contributed by atoms with Crippen LogP contribution in [0.15, 0.2) is 18.2 Å². The van der Waals surface area contributed by atoms with E-state index in [1.165, 1.54) is 11.3 Å². The van der Waals surface area contributed by atoms with E-state index in [0.717, 1.165) is 66.0 Å². The summed E-state index contributed by atoms with van der Waals surface area (Å²) in [6.07, 6.45) is 5.35. The molecule has 3 aromatic rings. The number of hydrogen-bond acceptors (Lipinski definition) is 4. The van der Waals surface area contributed by atoms with Gasteiger partial charge in [0.15, 0.2) is 5.65 Å². The first-order valence-electron chi connectivity index (χ1n) is 11.4. The Bertz CT molecular complexity index is 1140. The predicted molar refractivity (Wildman–Crippen MR) is 126 cm³/mol. The molecule has 0 unspecified atom stereocenters. The Morgan fingerprint density at radius 1 is 1.19 bits per heavy atom. The highest BCUT2D eigenvalue weighted by Crippen LogP contribution is 2.36. The summed E-state index contributed by atoms with van der Waals surface area (Å²) in [7, 11) is 3.56. The fraction of sp³-hybridized carbons (Fsp3) is 0.480. The van der Waals surface area contributed by atoms with Crippen LogP contribution in [-0.2, 0) is 12.8 Å². The minimum absolute atomic E-state index is 0.0128. The van der Waals surface area contributed by atoms with Gasteiger partial charge in [-0.1, -0.05) is 19.9 Å². The maximum atomic E-state index is 12.4. The van der Waals surface area contributed by atoms with Gasteiger partial charge in [-0.05, 0) is 69.2 Å². The quantitative estimate of drug-likeness (QED) is 0.623. The molecule has 6 nitrogen and oxygen atoms in total. The number of rotatable bonds is 6. The fourth-order valence-electron chi connectivity index (χ4n) is 4.62. The summed E-state index contributed by atoms with van der Waals surface area (Å²) in [6.45, 7) is 8.55. The van der Waals surface area contributed by atoms with Crippen molar-refractivity contribution in [2.45, 2.75) is 65.8 Å². The van der Waals surface area contributed by atoms with Crippen LogP contribution < -0.4 is 5.32 Å². The van der Waals surface area contributed by atoms with Crippen molar-refractivity contribution in [1.29, 1.82) is 0 Å². The Morgan fingerprint density at radius 2 is 1.94 bits per heavy atom. The molecule has 0 atom stereocenters. The molecular weight excluding hydrogens is 386 g/mol. The third-order valence-electron chi connectivity index (χ3n) is 6.44. The molecular formula is C25H33N5O. The number of hydrogen-bond donors (Lipinski definition) is 1. The zero-order valence-electron chi connectivity index (χ0n) is 19.5. The molecule has 1 aromatic carbocycles. The van der Waals surface area contributed by atoms with Crippen LogP contribution in [-0.4, -0.2) is 45.5 Å². The number of fused-ring (bicyclic) bond motifs is 2. The van der Waals surface area contributed by atoms with E-state index in [1.54, 1.807) is 19.0 Å². The largest absolute Gasteiger partial charge is 0.367 e. The molecule has 2 heterocycles. The topological polar surface area (TPSA) is 62.5 Å². The van der Waals surface area contributed by atoms with E-state index in [1.807, 2.05) is 29.6 Å². The molecule has 1 aliphatic rings. The van der Waals surface area contributed by atoms with Gasteiger partial charge in [-0.25, -0.2) is 4.98 Å². The van der Waals surface area contributed by atoms with E-state index >= 15 is 0 Å². The second kappa shape index (κ2) is 8.33. The molecule has 1 N–H and O–H groups in total. The van der Waals surface area contributed by atoms with Crippen LogP contribution in [0.1, 0.15) is 66.0 Å². The molecule has 164 valence electrons. The normalized spacial score (nSPS) is 13.1. The zero-order valence-corrected chi connectivity index (χ0v) is 19.5. The van der Waals surface area contributed by atoms with Gasteiger partial charge < -0.3 is 10.2 Å². The van der Waals surface area contributed by atoms with Gasteiger partial charge in [-0.2, -0.15) is 9.61 Å². The van der Waals surface area contributed by atoms with Gasteiger partial charge in [0.1, 0.15) is 5.82 Å². The molecule has 0 aliphatic heterocycles. The number of benzene rings is 1. The van der Waals surface area contributed by atoms with Gasteiger partial charge in [0, 0.05) is 42.5 Å². The highest BCUT2D eigenvalue weighted by molar-refractivity contribution is 5.95. The Kier molecular flexibility index (Phi) is 5.73. The summed E-state index contributed by atoms with van der Waals surface area (Å²) >= 11 is 0. The van der Waals surface area contributed by atoms with Gasteiger partial charge in [-0.3, -0.25) is 4.79 Å². The Labute approximate surface area is 184 Å². The van der Waals surface area contributed by atoms with Crippen LogP contribution in [0.3, 0.4) is 0 Å². The first kappa shape index (κ1) is 21.3. The summed E-state index contributed by atoms with van der Waals surface area (Å²) in [5.74, 6) is 1.12. The van der Waals surface area contributed by atoms with E-state index in [9.17, 15) is 4.79 Å². The maximum Gasteiger partial charge on any atom is 0.253 e. The average molecular weight is 420 g/mol. The van der Waals surface area contributed by atoms with Crippen molar-refractivity contribution in [1.82, 2.24) is 19.5 Å². The molecule has 0 bridgehead atoms. The van der Waals surface area contributed by atoms with E-state index in [2.05, 4.69) is 26.1 Å². The first-order chi connectivity index (χ1) is 14.8. The van der Waals surface area contributed by atoms with Crippen LogP contribution in [0.25, 0.3) is 16.8 Å². The number of carbonyl (C=O) groups excluding carboxylic acids is 1. The number of carbonyl (C=O) groups is 1. The lowest BCUT2D eigenvalue weighted by Gasteiger charge is -2.20. The molecule has 1 amide bonds. The third kappa shape index (κ3) is 3.68. The van der Waals surface area contributed by atoms with Crippen molar-refractivity contribution >= 4 is 17.4 Å². The van der Waals surface area contributed by atoms with E-state index in [0.29, 0.717) is 11.6 Å². The van der Waals surface area contributed by atoms with Gasteiger partial charge in [0.25, 0.3) is 5.91 Å². The second-order valence-corrected chi connectivity index (χ2v) is 8.82. The molecule has 2 aromatic heterocycles. The summed E-state index contributed by atoms with van der Waals surface area (Å²) in [4.78, 5) is 19.1. The van der Waals surface area contributed by atoms with Gasteiger partial charge in [0.2, 0.25) is 0 Å². The van der Waals surface area contributed by atoms with Crippen molar-refractivity contribution in [2.75, 3.05) is 19.4 Å². The smallest absolute Gasteiger partial charge is 0.253 e. The molecule has 31 heavy (non-hydrogen) atoms. The molecule has 0 saturated heterocycles. The van der Waals surface area contributed by atoms with Crippen LogP contribution >= 0.6 is 0 Å². The van der Waals surface area contributed by atoms with Crippen molar-refractivity contribution in [3.05, 3.63) is 46.3 Å². The molecule has 6 heteroatoms. The summed E-state index contributed by atoms with van der Waals surface area (Å²) in [6, 6.07) is 6.34. The Balaban J connectivity index is 1.89. The lowest BCUT2D eigenvalue weighted by atomic mass is 9.98. The molecule has 1 aliphatic carbocycles. The second-order valence-electron chi connectivity index (χ2n) is 8.82. The number of anilines is 1. The lowest BCUT2D eigenvalue weighted by Crippen LogP contribution is -2.21. The van der Waals surface area contributed by atoms with E-state index < -0.39 is 0 Å². The highest BCUT2D eigenvalue weighted by Gasteiger charge is 2.25. The summed E-state index contributed by atoms with van der Waals surface area (Å²) < 4.78 is 2.02. The van der Waals surface area contributed by atoms with Gasteiger partial charge in [-0.15, -0.1) is 0 Å². The minimum atomic E-state index is 0.0128. The standard InChI is InChI=1S/C25H33N5O/c1-7-18(8-2)26-23-20-10-9-11-21(20)27-24-22(16(4)28-30(23)24)19-13-12-17(14-15(19)3)25(31)29(5)6/h12-14,18,26H,7-11H2,1-6H3. The van der Waals surface area contributed by atoms with Crippen molar-refractivity contribution in [3.8, 4) is 11.1 Å². The number of aryl methyl sites for hydroxylation is 3. The summed E-state index contributed by atoms with van der Waals surface area (Å²) in [5, 5.41) is 8.71. The van der Waals surface area contributed by atoms with E-state index in [-0.39, 0.29) is 5.91 Å². The lowest BCUT2D eigenvalue weighted by molar-refractivity contribution is 0.0827. The monoisotopic (exact) mass is 419 g/mol. The number of nitrogens with one attached hydrogen (secondary N) is 1. The fourth-order valence-corrected chi connectivity index (χ4v) is 4.62. The third-order valence-corrected chi connectivity index (χ3v) is 6.44. The highest BCUT2D eigenvalue weighted by atomic mass is 16.2. The van der Waals surface area contributed by atoms with Gasteiger partial charge >= 0.3 is 0 Å². The van der Waals surface area contributed by atoms with Crippen LogP contribution in [0.5, 0.6) is 0 Å². The molecule has 4 rings (SSSR count). The van der Waals surface area contributed by atoms with Crippen molar-refractivity contribution in [2.24, 2.45) is 0 Å². The minimum Gasteiger partial charge on any atom is -0.367 e. The average Bonchev–Trinajstić information content (AvgIpc) is 3.34. The number of aromatic nitrogens is 3. The molecule has 0 spiro atoms. The molecule has 0 fully saturated rings. The molecule has 0 saturated carbocycles. The van der Waals surface area contributed by atoms with Crippen molar-refractivity contribution < 1.29 is 4.79 Å². The number of amides is 1. The number of nitrogens with zero attached hydrogens (tertiary/aromatic N) is 4. The van der Waals surface area contributed by atoms with Crippen LogP contribution in [0.4, 0.5) is 5.82 Å². The van der Waals surface area contributed by atoms with Crippen LogP contribution in [0, 0.1) is 13.8 Å².